The Morgan fingerprint density at radius 3 is 2.35 bits per heavy atom. The first-order valence-corrected chi connectivity index (χ1v) is 7.58. The number of piperazine rings is 1. The lowest BCUT2D eigenvalue weighted by atomic mass is 9.94. The lowest BCUT2D eigenvalue weighted by molar-refractivity contribution is -0.119. The molecule has 1 heterocycles. The molecular weight excluding hydrogens is 272 g/mol. The minimum absolute atomic E-state index is 0.0650. The van der Waals surface area contributed by atoms with Gasteiger partial charge in [0, 0.05) is 36.7 Å². The van der Waals surface area contributed by atoms with Crippen molar-refractivity contribution in [2.24, 2.45) is 0 Å². The van der Waals surface area contributed by atoms with Crippen LogP contribution in [0.4, 0.5) is 0 Å². The van der Waals surface area contributed by atoms with Gasteiger partial charge in [0.05, 0.1) is 5.92 Å². The highest BCUT2D eigenvalue weighted by atomic mass is 35.5. The first kappa shape index (κ1) is 15.5. The van der Waals surface area contributed by atoms with E-state index in [1.165, 1.54) is 0 Å². The lowest BCUT2D eigenvalue weighted by Crippen LogP contribution is -2.55. The highest BCUT2D eigenvalue weighted by Gasteiger charge is 2.26. The van der Waals surface area contributed by atoms with Gasteiger partial charge in [0.15, 0.2) is 0 Å². The molecule has 0 bridgehead atoms. The Kier molecular flexibility index (Phi) is 5.19. The van der Waals surface area contributed by atoms with Crippen molar-refractivity contribution in [2.75, 3.05) is 19.6 Å². The molecule has 1 fully saturated rings. The molecule has 3 nitrogen and oxygen atoms in total. The van der Waals surface area contributed by atoms with Gasteiger partial charge < -0.3 is 5.32 Å². The second-order valence-electron chi connectivity index (χ2n) is 5.90. The predicted octanol–water partition coefficient (Wildman–Crippen LogP) is 2.69. The molecule has 1 aromatic rings. The van der Waals surface area contributed by atoms with Crippen LogP contribution >= 0.6 is 11.6 Å². The van der Waals surface area contributed by atoms with Gasteiger partial charge in [-0.05, 0) is 38.5 Å². The van der Waals surface area contributed by atoms with Crippen molar-refractivity contribution in [3.8, 4) is 0 Å². The maximum absolute atomic E-state index is 12.0. The van der Waals surface area contributed by atoms with E-state index >= 15 is 0 Å². The van der Waals surface area contributed by atoms with Crippen LogP contribution in [-0.4, -0.2) is 42.4 Å². The Morgan fingerprint density at radius 1 is 1.30 bits per heavy atom. The molecule has 0 aliphatic carbocycles. The highest BCUT2D eigenvalue weighted by Crippen LogP contribution is 2.21. The van der Waals surface area contributed by atoms with E-state index in [0.29, 0.717) is 17.1 Å². The van der Waals surface area contributed by atoms with E-state index in [2.05, 4.69) is 24.1 Å². The lowest BCUT2D eigenvalue weighted by Gasteiger charge is -2.37. The number of carbonyl (C=O) groups is 1. The fourth-order valence-electron chi connectivity index (χ4n) is 3.01. The van der Waals surface area contributed by atoms with Crippen molar-refractivity contribution in [3.63, 3.8) is 0 Å². The summed E-state index contributed by atoms with van der Waals surface area (Å²) in [6, 6.07) is 8.58. The summed E-state index contributed by atoms with van der Waals surface area (Å²) in [5.41, 5.74) is 1.06. The Labute approximate surface area is 126 Å². The Balaban J connectivity index is 2.09. The van der Waals surface area contributed by atoms with E-state index in [0.717, 1.165) is 25.2 Å². The minimum Gasteiger partial charge on any atom is -0.309 e. The van der Waals surface area contributed by atoms with E-state index in [-0.39, 0.29) is 11.7 Å². The number of ketones is 1. The molecule has 0 aromatic heterocycles. The van der Waals surface area contributed by atoms with Crippen molar-refractivity contribution in [1.29, 1.82) is 0 Å². The summed E-state index contributed by atoms with van der Waals surface area (Å²) < 4.78 is 0. The van der Waals surface area contributed by atoms with Crippen LogP contribution in [0.15, 0.2) is 24.3 Å². The summed E-state index contributed by atoms with van der Waals surface area (Å²) in [7, 11) is 0. The number of rotatable bonds is 4. The molecular formula is C16H23ClN2O. The van der Waals surface area contributed by atoms with Gasteiger partial charge in [-0.25, -0.2) is 0 Å². The zero-order valence-electron chi connectivity index (χ0n) is 12.4. The van der Waals surface area contributed by atoms with E-state index in [1.807, 2.05) is 24.3 Å². The van der Waals surface area contributed by atoms with Gasteiger partial charge in [-0.15, -0.1) is 0 Å². The van der Waals surface area contributed by atoms with Gasteiger partial charge in [-0.3, -0.25) is 9.69 Å². The van der Waals surface area contributed by atoms with Crippen molar-refractivity contribution >= 4 is 17.4 Å². The Morgan fingerprint density at radius 2 is 1.85 bits per heavy atom. The second-order valence-corrected chi connectivity index (χ2v) is 6.34. The molecule has 1 N–H and O–H groups in total. The molecule has 1 aliphatic heterocycles. The third kappa shape index (κ3) is 4.05. The van der Waals surface area contributed by atoms with Gasteiger partial charge >= 0.3 is 0 Å². The van der Waals surface area contributed by atoms with Crippen LogP contribution in [0.5, 0.6) is 0 Å². The maximum Gasteiger partial charge on any atom is 0.138 e. The van der Waals surface area contributed by atoms with E-state index in [4.69, 9.17) is 11.6 Å². The fraction of sp³-hybridized carbons (Fsp3) is 0.562. The van der Waals surface area contributed by atoms with Crippen LogP contribution in [0.1, 0.15) is 32.3 Å². The summed E-state index contributed by atoms with van der Waals surface area (Å²) in [5, 5.41) is 4.22. The summed E-state index contributed by atoms with van der Waals surface area (Å²) in [5.74, 6) is 0.149. The van der Waals surface area contributed by atoms with Gasteiger partial charge in [0.1, 0.15) is 5.78 Å². The number of hydrogen-bond donors (Lipinski definition) is 1. The maximum atomic E-state index is 12.0. The monoisotopic (exact) mass is 294 g/mol. The molecule has 0 amide bonds. The van der Waals surface area contributed by atoms with Crippen LogP contribution in [0.25, 0.3) is 0 Å². The number of nitrogens with one attached hydrogen (secondary N) is 1. The number of hydrogen-bond acceptors (Lipinski definition) is 3. The molecule has 1 aliphatic rings. The smallest absolute Gasteiger partial charge is 0.138 e. The van der Waals surface area contributed by atoms with Crippen molar-refractivity contribution < 1.29 is 4.79 Å². The average molecular weight is 295 g/mol. The van der Waals surface area contributed by atoms with Crippen LogP contribution in [-0.2, 0) is 4.79 Å². The summed E-state index contributed by atoms with van der Waals surface area (Å²) in [6.07, 6.45) is 0. The highest BCUT2D eigenvalue weighted by molar-refractivity contribution is 6.30. The first-order chi connectivity index (χ1) is 9.45. The molecule has 3 atom stereocenters. The number of Topliss-reactive ketones (excluding diaryl/α,β-unsaturated/α-hetero) is 1. The molecule has 1 saturated heterocycles. The number of nitrogens with zero attached hydrogens (tertiary/aromatic N) is 1. The van der Waals surface area contributed by atoms with Crippen LogP contribution < -0.4 is 5.32 Å². The first-order valence-electron chi connectivity index (χ1n) is 7.20. The molecule has 20 heavy (non-hydrogen) atoms. The Bertz CT molecular complexity index is 450. The van der Waals surface area contributed by atoms with E-state index < -0.39 is 0 Å². The molecule has 0 radical (unpaired) electrons. The van der Waals surface area contributed by atoms with Gasteiger partial charge in [-0.2, -0.15) is 0 Å². The number of halogens is 1. The summed E-state index contributed by atoms with van der Waals surface area (Å²) >= 11 is 5.92. The quantitative estimate of drug-likeness (QED) is 0.927. The number of carbonyl (C=O) groups excluding carboxylic acids is 1. The summed E-state index contributed by atoms with van der Waals surface area (Å²) in [4.78, 5) is 14.4. The number of benzene rings is 1. The predicted molar refractivity (Wildman–Crippen MR) is 83.4 cm³/mol. The third-order valence-corrected chi connectivity index (χ3v) is 4.09. The summed E-state index contributed by atoms with van der Waals surface area (Å²) in [6.45, 7) is 8.81. The Hall–Kier alpha value is -0.900. The topological polar surface area (TPSA) is 32.3 Å². The minimum atomic E-state index is -0.0650. The molecule has 1 aromatic carbocycles. The third-order valence-electron chi connectivity index (χ3n) is 3.84. The van der Waals surface area contributed by atoms with Crippen molar-refractivity contribution in [2.45, 2.75) is 38.8 Å². The zero-order valence-corrected chi connectivity index (χ0v) is 13.2. The van der Waals surface area contributed by atoms with Gasteiger partial charge in [0.2, 0.25) is 0 Å². The van der Waals surface area contributed by atoms with Crippen LogP contribution in [0, 0.1) is 0 Å². The van der Waals surface area contributed by atoms with E-state index in [1.54, 1.807) is 6.92 Å². The van der Waals surface area contributed by atoms with Crippen molar-refractivity contribution in [3.05, 3.63) is 34.9 Å². The normalized spacial score (nSPS) is 25.4. The van der Waals surface area contributed by atoms with Crippen LogP contribution in [0.3, 0.4) is 0 Å². The average Bonchev–Trinajstić information content (AvgIpc) is 2.36. The molecule has 3 unspecified atom stereocenters. The largest absolute Gasteiger partial charge is 0.309 e. The molecule has 4 heteroatoms. The molecule has 110 valence electrons. The SMILES string of the molecule is CC(=O)C(CN1CC(C)NC(C)C1)c1ccc(Cl)cc1. The zero-order chi connectivity index (χ0) is 14.7. The van der Waals surface area contributed by atoms with E-state index in [9.17, 15) is 4.79 Å². The van der Waals surface area contributed by atoms with Gasteiger partial charge in [0.25, 0.3) is 0 Å². The fourth-order valence-corrected chi connectivity index (χ4v) is 3.14. The second kappa shape index (κ2) is 6.70. The molecule has 0 saturated carbocycles. The van der Waals surface area contributed by atoms with Crippen molar-refractivity contribution in [1.82, 2.24) is 10.2 Å². The van der Waals surface area contributed by atoms with Crippen LogP contribution in [0.2, 0.25) is 5.02 Å². The standard InChI is InChI=1S/C16H23ClN2O/c1-11-8-19(9-12(2)18-11)10-16(13(3)20)14-4-6-15(17)7-5-14/h4-7,11-12,16,18H,8-10H2,1-3H3. The molecule has 2 rings (SSSR count). The molecule has 0 spiro atoms. The van der Waals surface area contributed by atoms with Gasteiger partial charge in [-0.1, -0.05) is 23.7 Å².